The Morgan fingerprint density at radius 3 is 2.50 bits per heavy atom. The number of nitrogens with zero attached hydrogens (tertiary/aromatic N) is 1. The Bertz CT molecular complexity index is 1140. The zero-order valence-corrected chi connectivity index (χ0v) is 17.2. The van der Waals surface area contributed by atoms with Crippen molar-refractivity contribution in [2.24, 2.45) is 0 Å². The minimum absolute atomic E-state index is 0.0720. The molecule has 3 aromatic carbocycles. The number of benzene rings is 3. The Balaban J connectivity index is 1.78. The molecule has 2 N–H and O–H groups in total. The molecule has 3 aromatic rings. The fourth-order valence-corrected chi connectivity index (χ4v) is 3.01. The van der Waals surface area contributed by atoms with Crippen LogP contribution in [0.3, 0.4) is 0 Å². The maximum Gasteiger partial charge on any atom is 0.293 e. The summed E-state index contributed by atoms with van der Waals surface area (Å²) in [7, 11) is 0. The smallest absolute Gasteiger partial charge is 0.293 e. The number of rotatable bonds is 6. The first kappa shape index (κ1) is 21.5. The summed E-state index contributed by atoms with van der Waals surface area (Å²) in [5.41, 5.74) is 1.53. The predicted octanol–water partition coefficient (Wildman–Crippen LogP) is 6.21. The van der Waals surface area contributed by atoms with E-state index < -0.39 is 16.6 Å². The highest BCUT2D eigenvalue weighted by molar-refractivity contribution is 6.42. The topological polar surface area (TPSA) is 84.3 Å². The van der Waals surface area contributed by atoms with E-state index in [4.69, 9.17) is 23.2 Å². The van der Waals surface area contributed by atoms with Crippen LogP contribution >= 0.6 is 23.2 Å². The van der Waals surface area contributed by atoms with Gasteiger partial charge in [0.25, 0.3) is 11.6 Å². The molecule has 0 spiro atoms. The average molecular weight is 448 g/mol. The van der Waals surface area contributed by atoms with E-state index in [0.29, 0.717) is 15.6 Å². The molecule has 0 saturated heterocycles. The lowest BCUT2D eigenvalue weighted by atomic mass is 10.1. The van der Waals surface area contributed by atoms with E-state index >= 15 is 0 Å². The molecule has 1 amide bonds. The van der Waals surface area contributed by atoms with E-state index in [2.05, 4.69) is 10.6 Å². The molecule has 3 rings (SSSR count). The molecule has 0 aliphatic rings. The van der Waals surface area contributed by atoms with E-state index in [1.165, 1.54) is 24.3 Å². The molecule has 9 heteroatoms. The van der Waals surface area contributed by atoms with Gasteiger partial charge in [-0.3, -0.25) is 14.9 Å². The summed E-state index contributed by atoms with van der Waals surface area (Å²) >= 11 is 11.9. The van der Waals surface area contributed by atoms with Crippen molar-refractivity contribution in [1.82, 2.24) is 0 Å². The van der Waals surface area contributed by atoms with Crippen LogP contribution < -0.4 is 10.6 Å². The molecule has 0 bridgehead atoms. The molecule has 0 atom stereocenters. The van der Waals surface area contributed by atoms with Crippen LogP contribution in [0.4, 0.5) is 21.5 Å². The number of nitro benzene ring substituents is 1. The molecule has 6 nitrogen and oxygen atoms in total. The third kappa shape index (κ3) is 5.06. The standard InChI is InChI=1S/C21H16Cl2FN3O3/c1-12-2-5-15(10-18(12)24)26-21(28)14-4-7-19(20(9-14)27(29)30)25-11-13-3-6-16(22)17(23)8-13/h2-10,25H,11H2,1H3,(H,26,28). The maximum atomic E-state index is 13.7. The Labute approximate surface area is 181 Å². The highest BCUT2D eigenvalue weighted by atomic mass is 35.5. The summed E-state index contributed by atoms with van der Waals surface area (Å²) in [4.78, 5) is 23.4. The number of nitro groups is 1. The Kier molecular flexibility index (Phi) is 6.54. The van der Waals surface area contributed by atoms with Gasteiger partial charge in [0.1, 0.15) is 11.5 Å². The van der Waals surface area contributed by atoms with Crippen molar-refractivity contribution >= 4 is 46.2 Å². The number of halogens is 3. The molecule has 0 aliphatic carbocycles. The maximum absolute atomic E-state index is 13.7. The molecule has 0 radical (unpaired) electrons. The van der Waals surface area contributed by atoms with Gasteiger partial charge in [-0.2, -0.15) is 0 Å². The van der Waals surface area contributed by atoms with Crippen LogP contribution in [-0.4, -0.2) is 10.8 Å². The minimum Gasteiger partial charge on any atom is -0.375 e. The van der Waals surface area contributed by atoms with Crippen molar-refractivity contribution in [3.63, 3.8) is 0 Å². The van der Waals surface area contributed by atoms with Crippen molar-refractivity contribution in [2.75, 3.05) is 10.6 Å². The van der Waals surface area contributed by atoms with Gasteiger partial charge in [0, 0.05) is 23.9 Å². The third-order valence-electron chi connectivity index (χ3n) is 4.35. The summed E-state index contributed by atoms with van der Waals surface area (Å²) in [5, 5.41) is 17.8. The SMILES string of the molecule is Cc1ccc(NC(=O)c2ccc(NCc3ccc(Cl)c(Cl)c3)c([N+](=O)[O-])c2)cc1F. The molecule has 0 heterocycles. The summed E-state index contributed by atoms with van der Waals surface area (Å²) < 4.78 is 13.7. The van der Waals surface area contributed by atoms with Crippen LogP contribution in [0.15, 0.2) is 54.6 Å². The second-order valence-corrected chi connectivity index (χ2v) is 7.32. The summed E-state index contributed by atoms with van der Waals surface area (Å²) in [6.07, 6.45) is 0. The molecular formula is C21H16Cl2FN3O3. The van der Waals surface area contributed by atoms with Gasteiger partial charge >= 0.3 is 0 Å². The first-order valence-corrected chi connectivity index (χ1v) is 9.54. The molecule has 154 valence electrons. The van der Waals surface area contributed by atoms with Gasteiger partial charge in [0.2, 0.25) is 0 Å². The van der Waals surface area contributed by atoms with Gasteiger partial charge in [0.05, 0.1) is 15.0 Å². The Hall–Kier alpha value is -3.16. The van der Waals surface area contributed by atoms with Crippen LogP contribution in [0.1, 0.15) is 21.5 Å². The van der Waals surface area contributed by atoms with Crippen molar-refractivity contribution < 1.29 is 14.1 Å². The van der Waals surface area contributed by atoms with Crippen molar-refractivity contribution in [3.05, 3.63) is 97.3 Å². The highest BCUT2D eigenvalue weighted by Gasteiger charge is 2.18. The lowest BCUT2D eigenvalue weighted by molar-refractivity contribution is -0.384. The van der Waals surface area contributed by atoms with E-state index in [1.807, 2.05) is 0 Å². The minimum atomic E-state index is -0.586. The number of hydrogen-bond acceptors (Lipinski definition) is 4. The molecule has 0 saturated carbocycles. The van der Waals surface area contributed by atoms with E-state index in [9.17, 15) is 19.3 Å². The first-order valence-electron chi connectivity index (χ1n) is 8.78. The quantitative estimate of drug-likeness (QED) is 0.347. The second kappa shape index (κ2) is 9.11. The first-order chi connectivity index (χ1) is 14.2. The van der Waals surface area contributed by atoms with Gasteiger partial charge < -0.3 is 10.6 Å². The van der Waals surface area contributed by atoms with E-state index in [-0.39, 0.29) is 29.2 Å². The van der Waals surface area contributed by atoms with Crippen molar-refractivity contribution in [2.45, 2.75) is 13.5 Å². The van der Waals surface area contributed by atoms with Gasteiger partial charge in [-0.05, 0) is 54.4 Å². The summed E-state index contributed by atoms with van der Waals surface area (Å²) in [6, 6.07) is 13.4. The molecule has 0 fully saturated rings. The number of anilines is 2. The van der Waals surface area contributed by atoms with Crippen LogP contribution in [0, 0.1) is 22.9 Å². The van der Waals surface area contributed by atoms with Crippen LogP contribution in [0.25, 0.3) is 0 Å². The fraction of sp³-hybridized carbons (Fsp3) is 0.0952. The van der Waals surface area contributed by atoms with Crippen molar-refractivity contribution in [3.8, 4) is 0 Å². The van der Waals surface area contributed by atoms with Gasteiger partial charge in [-0.25, -0.2) is 4.39 Å². The Morgan fingerprint density at radius 1 is 1.07 bits per heavy atom. The monoisotopic (exact) mass is 447 g/mol. The lowest BCUT2D eigenvalue weighted by Crippen LogP contribution is -2.13. The number of carbonyl (C=O) groups is 1. The number of nitrogens with one attached hydrogen (secondary N) is 2. The molecule has 0 aliphatic heterocycles. The van der Waals surface area contributed by atoms with Gasteiger partial charge in [0.15, 0.2) is 0 Å². The number of amides is 1. The Morgan fingerprint density at radius 2 is 1.83 bits per heavy atom. The van der Waals surface area contributed by atoms with Crippen LogP contribution in [0.2, 0.25) is 10.0 Å². The normalized spacial score (nSPS) is 10.5. The van der Waals surface area contributed by atoms with Crippen LogP contribution in [-0.2, 0) is 6.54 Å². The molecular weight excluding hydrogens is 432 g/mol. The zero-order chi connectivity index (χ0) is 21.8. The molecule has 30 heavy (non-hydrogen) atoms. The largest absolute Gasteiger partial charge is 0.375 e. The number of aryl methyl sites for hydroxylation is 1. The van der Waals surface area contributed by atoms with Gasteiger partial charge in [-0.1, -0.05) is 35.3 Å². The number of hydrogen-bond donors (Lipinski definition) is 2. The van der Waals surface area contributed by atoms with E-state index in [0.717, 1.165) is 11.6 Å². The summed E-state index contributed by atoms with van der Waals surface area (Å²) in [6.45, 7) is 1.87. The third-order valence-corrected chi connectivity index (χ3v) is 5.09. The number of carbonyl (C=O) groups excluding carboxylic acids is 1. The predicted molar refractivity (Wildman–Crippen MR) is 116 cm³/mol. The van der Waals surface area contributed by atoms with Gasteiger partial charge in [-0.15, -0.1) is 0 Å². The van der Waals surface area contributed by atoms with E-state index in [1.54, 1.807) is 31.2 Å². The zero-order valence-electron chi connectivity index (χ0n) is 15.7. The van der Waals surface area contributed by atoms with Crippen molar-refractivity contribution in [1.29, 1.82) is 0 Å². The lowest BCUT2D eigenvalue weighted by Gasteiger charge is -2.10. The molecule has 0 aromatic heterocycles. The summed E-state index contributed by atoms with van der Waals surface area (Å²) in [5.74, 6) is -1.04. The fourth-order valence-electron chi connectivity index (χ4n) is 2.69. The highest BCUT2D eigenvalue weighted by Crippen LogP contribution is 2.28. The molecule has 0 unspecified atom stereocenters. The average Bonchev–Trinajstić information content (AvgIpc) is 2.71. The second-order valence-electron chi connectivity index (χ2n) is 6.51. The van der Waals surface area contributed by atoms with Crippen LogP contribution in [0.5, 0.6) is 0 Å².